The van der Waals surface area contributed by atoms with E-state index in [1.54, 1.807) is 5.38 Å². The molecule has 3 aromatic carbocycles. The topological polar surface area (TPSA) is 96.9 Å². The molecule has 5 rings (SSSR count). The van der Waals surface area contributed by atoms with E-state index in [1.807, 2.05) is 54.6 Å². The summed E-state index contributed by atoms with van der Waals surface area (Å²) in [4.78, 5) is 28.0. The van der Waals surface area contributed by atoms with Crippen LogP contribution in [0.25, 0.3) is 0 Å². The van der Waals surface area contributed by atoms with Gasteiger partial charge in [0.15, 0.2) is 17.1 Å². The van der Waals surface area contributed by atoms with E-state index >= 15 is 0 Å². The number of nitrogens with one attached hydrogen (secondary N) is 3. The summed E-state index contributed by atoms with van der Waals surface area (Å²) in [5, 5.41) is 12.9. The van der Waals surface area contributed by atoms with Crippen molar-refractivity contribution in [1.29, 1.82) is 0 Å². The normalized spacial score (nSPS) is 17.4. The highest BCUT2D eigenvalue weighted by Gasteiger charge is 2.38. The van der Waals surface area contributed by atoms with Gasteiger partial charge in [0.2, 0.25) is 0 Å². The molecule has 1 aliphatic heterocycles. The van der Waals surface area contributed by atoms with Crippen LogP contribution in [-0.2, 0) is 20.0 Å². The van der Waals surface area contributed by atoms with Crippen LogP contribution in [0.3, 0.4) is 0 Å². The minimum atomic E-state index is -0.745. The number of oxime groups is 1. The van der Waals surface area contributed by atoms with Gasteiger partial charge < -0.3 is 15.5 Å². The van der Waals surface area contributed by atoms with Crippen molar-refractivity contribution in [2.24, 2.45) is 5.16 Å². The van der Waals surface area contributed by atoms with Gasteiger partial charge in [-0.3, -0.25) is 9.63 Å². The standard InChI is InChI=1S/C28H27N5O3S2/c1-35-33-24(25(34)30-26-22(17-37)32-36-26)23-18-38-27(29-23)31-28(19-11-5-2-6-12-19,20-13-7-3-8-14-20)21-15-9-4-10-16-21/h2-16,18,22,26,32,37H,17H2,1H3,(H,29,31)(H,30,34)/b33-24+. The lowest BCUT2D eigenvalue weighted by Crippen LogP contribution is -2.64. The summed E-state index contributed by atoms with van der Waals surface area (Å²) in [5.74, 6) is 0.0509. The van der Waals surface area contributed by atoms with Gasteiger partial charge >= 0.3 is 0 Å². The molecule has 2 heterocycles. The Balaban J connectivity index is 1.53. The fourth-order valence-electron chi connectivity index (χ4n) is 4.37. The molecule has 3 N–H and O–H groups in total. The molecular formula is C28H27N5O3S2. The Labute approximate surface area is 230 Å². The molecule has 1 fully saturated rings. The summed E-state index contributed by atoms with van der Waals surface area (Å²) in [6.07, 6.45) is -0.514. The highest BCUT2D eigenvalue weighted by Crippen LogP contribution is 2.40. The van der Waals surface area contributed by atoms with E-state index in [0.717, 1.165) is 16.7 Å². The molecule has 0 bridgehead atoms. The van der Waals surface area contributed by atoms with Gasteiger partial charge in [0.1, 0.15) is 18.3 Å². The molecule has 1 saturated heterocycles. The van der Waals surface area contributed by atoms with Crippen molar-refractivity contribution >= 4 is 40.7 Å². The van der Waals surface area contributed by atoms with Crippen molar-refractivity contribution in [3.63, 3.8) is 0 Å². The molecule has 0 saturated carbocycles. The van der Waals surface area contributed by atoms with Crippen LogP contribution in [0.15, 0.2) is 102 Å². The van der Waals surface area contributed by atoms with Crippen LogP contribution in [0.4, 0.5) is 5.13 Å². The van der Waals surface area contributed by atoms with Crippen LogP contribution in [-0.4, -0.2) is 41.7 Å². The van der Waals surface area contributed by atoms with Gasteiger partial charge in [0, 0.05) is 11.1 Å². The lowest BCUT2D eigenvalue weighted by Gasteiger charge is -2.36. The molecule has 1 aliphatic rings. The summed E-state index contributed by atoms with van der Waals surface area (Å²) in [6, 6.07) is 30.6. The number of thiazole rings is 1. The Morgan fingerprint density at radius 1 is 1.03 bits per heavy atom. The SMILES string of the molecule is CO/N=C(/C(=O)NC1ONC1CS)c1csc(NC(c2ccccc2)(c2ccccc2)c2ccccc2)n1. The van der Waals surface area contributed by atoms with Gasteiger partial charge in [-0.15, -0.1) is 11.3 Å². The molecule has 1 amide bonds. The molecular weight excluding hydrogens is 518 g/mol. The zero-order valence-electron chi connectivity index (χ0n) is 20.6. The van der Waals surface area contributed by atoms with E-state index in [0.29, 0.717) is 16.6 Å². The molecule has 8 nitrogen and oxygen atoms in total. The largest absolute Gasteiger partial charge is 0.398 e. The summed E-state index contributed by atoms with van der Waals surface area (Å²) >= 11 is 5.64. The number of nitrogens with zero attached hydrogens (tertiary/aromatic N) is 2. The third-order valence-electron chi connectivity index (χ3n) is 6.24. The van der Waals surface area contributed by atoms with Crippen LogP contribution < -0.4 is 16.1 Å². The van der Waals surface area contributed by atoms with Crippen LogP contribution in [0.1, 0.15) is 22.4 Å². The number of benzene rings is 3. The Hall–Kier alpha value is -3.70. The molecule has 2 unspecified atom stereocenters. The van der Waals surface area contributed by atoms with Gasteiger partial charge in [-0.25, -0.2) is 4.98 Å². The van der Waals surface area contributed by atoms with Crippen molar-refractivity contribution < 1.29 is 14.5 Å². The van der Waals surface area contributed by atoms with Crippen molar-refractivity contribution in [2.45, 2.75) is 17.8 Å². The molecule has 0 radical (unpaired) electrons. The number of aromatic nitrogens is 1. The number of anilines is 1. The van der Waals surface area contributed by atoms with Gasteiger partial charge in [0.05, 0.1) is 6.04 Å². The van der Waals surface area contributed by atoms with Crippen molar-refractivity contribution in [3.8, 4) is 0 Å². The number of thiol groups is 1. The predicted octanol–water partition coefficient (Wildman–Crippen LogP) is 4.17. The lowest BCUT2D eigenvalue weighted by molar-refractivity contribution is -0.178. The molecule has 4 aromatic rings. The first-order valence-electron chi connectivity index (χ1n) is 12.0. The molecule has 10 heteroatoms. The van der Waals surface area contributed by atoms with E-state index in [-0.39, 0.29) is 11.8 Å². The summed E-state index contributed by atoms with van der Waals surface area (Å²) in [7, 11) is 1.39. The van der Waals surface area contributed by atoms with Gasteiger partial charge in [-0.1, -0.05) is 96.2 Å². The number of hydrogen-bond acceptors (Lipinski definition) is 9. The first-order chi connectivity index (χ1) is 18.7. The predicted molar refractivity (Wildman–Crippen MR) is 152 cm³/mol. The average molecular weight is 546 g/mol. The monoisotopic (exact) mass is 545 g/mol. The summed E-state index contributed by atoms with van der Waals surface area (Å²) in [5.41, 5.74) is 5.58. The maximum atomic E-state index is 13.0. The van der Waals surface area contributed by atoms with Crippen LogP contribution in [0, 0.1) is 0 Å². The Morgan fingerprint density at radius 3 is 2.03 bits per heavy atom. The van der Waals surface area contributed by atoms with E-state index in [2.05, 4.69) is 70.3 Å². The zero-order chi connectivity index (χ0) is 26.4. The molecule has 194 valence electrons. The first-order valence-corrected chi connectivity index (χ1v) is 13.5. The van der Waals surface area contributed by atoms with Crippen LogP contribution in [0.2, 0.25) is 0 Å². The summed E-state index contributed by atoms with van der Waals surface area (Å²) in [6.45, 7) is 0. The molecule has 2 atom stereocenters. The maximum Gasteiger partial charge on any atom is 0.277 e. The van der Waals surface area contributed by atoms with Gasteiger partial charge in [0.25, 0.3) is 5.91 Å². The maximum absolute atomic E-state index is 13.0. The number of amides is 1. The van der Waals surface area contributed by atoms with Crippen molar-refractivity contribution in [2.75, 3.05) is 18.2 Å². The minimum Gasteiger partial charge on any atom is -0.398 e. The minimum absolute atomic E-state index is 0.0509. The number of carbonyl (C=O) groups is 1. The second-order valence-electron chi connectivity index (χ2n) is 8.55. The van der Waals surface area contributed by atoms with E-state index in [9.17, 15) is 4.79 Å². The second-order valence-corrected chi connectivity index (χ2v) is 9.78. The zero-order valence-corrected chi connectivity index (χ0v) is 22.3. The van der Waals surface area contributed by atoms with E-state index in [1.165, 1.54) is 18.4 Å². The fourth-order valence-corrected chi connectivity index (χ4v) is 5.39. The third kappa shape index (κ3) is 5.16. The van der Waals surface area contributed by atoms with Gasteiger partial charge in [-0.2, -0.15) is 18.1 Å². The Bertz CT molecular complexity index is 1280. The number of hydroxylamine groups is 1. The van der Waals surface area contributed by atoms with Crippen LogP contribution in [0.5, 0.6) is 0 Å². The number of carbonyl (C=O) groups excluding carboxylic acids is 1. The number of rotatable bonds is 10. The van der Waals surface area contributed by atoms with Crippen LogP contribution >= 0.6 is 24.0 Å². The van der Waals surface area contributed by atoms with Crippen molar-refractivity contribution in [1.82, 2.24) is 15.8 Å². The smallest absolute Gasteiger partial charge is 0.277 e. The molecule has 0 spiro atoms. The average Bonchev–Trinajstić information content (AvgIpc) is 3.42. The fraction of sp³-hybridized carbons (Fsp3) is 0.179. The number of hydrogen-bond donors (Lipinski definition) is 4. The van der Waals surface area contributed by atoms with Crippen molar-refractivity contribution in [3.05, 3.63) is 119 Å². The molecule has 1 aromatic heterocycles. The molecule has 38 heavy (non-hydrogen) atoms. The lowest BCUT2D eigenvalue weighted by atomic mass is 9.77. The quantitative estimate of drug-likeness (QED) is 0.103. The van der Waals surface area contributed by atoms with Gasteiger partial charge in [-0.05, 0) is 16.7 Å². The van der Waals surface area contributed by atoms with E-state index in [4.69, 9.17) is 14.7 Å². The molecule has 0 aliphatic carbocycles. The first kappa shape index (κ1) is 25.9. The second kappa shape index (κ2) is 11.8. The highest BCUT2D eigenvalue weighted by atomic mass is 32.1. The summed E-state index contributed by atoms with van der Waals surface area (Å²) < 4.78 is 0. The highest BCUT2D eigenvalue weighted by molar-refractivity contribution is 7.80. The third-order valence-corrected chi connectivity index (χ3v) is 7.39. The Kier molecular flexibility index (Phi) is 8.04. The Morgan fingerprint density at radius 2 is 1.58 bits per heavy atom. The van der Waals surface area contributed by atoms with E-state index < -0.39 is 17.7 Å².